The zero-order valence-corrected chi connectivity index (χ0v) is 14.5. The van der Waals surface area contributed by atoms with Gasteiger partial charge in [-0.1, -0.05) is 23.4 Å². The minimum atomic E-state index is -0.258. The summed E-state index contributed by atoms with van der Waals surface area (Å²) in [5.41, 5.74) is 4.43. The molecule has 3 rings (SSSR count). The molecular formula is C19H20N4O2. The summed E-state index contributed by atoms with van der Waals surface area (Å²) in [6.45, 7) is 4.46. The topological polar surface area (TPSA) is 69.0 Å². The summed E-state index contributed by atoms with van der Waals surface area (Å²) in [7, 11) is 1.62. The zero-order chi connectivity index (χ0) is 17.8. The highest BCUT2D eigenvalue weighted by Crippen LogP contribution is 2.13. The van der Waals surface area contributed by atoms with E-state index in [-0.39, 0.29) is 11.6 Å². The van der Waals surface area contributed by atoms with Crippen molar-refractivity contribution in [1.29, 1.82) is 0 Å². The van der Waals surface area contributed by atoms with E-state index in [1.54, 1.807) is 18.0 Å². The van der Waals surface area contributed by atoms with Crippen LogP contribution in [0.4, 0.5) is 0 Å². The van der Waals surface area contributed by atoms with Gasteiger partial charge in [0.2, 0.25) is 0 Å². The first kappa shape index (κ1) is 16.7. The molecule has 6 nitrogen and oxygen atoms in total. The lowest BCUT2D eigenvalue weighted by atomic mass is 10.1. The maximum atomic E-state index is 12.3. The predicted molar refractivity (Wildman–Crippen MR) is 95.0 cm³/mol. The lowest BCUT2D eigenvalue weighted by Gasteiger charge is -2.05. The van der Waals surface area contributed by atoms with Crippen LogP contribution >= 0.6 is 0 Å². The average molecular weight is 336 g/mol. The fourth-order valence-corrected chi connectivity index (χ4v) is 2.59. The lowest BCUT2D eigenvalue weighted by Crippen LogP contribution is -2.23. The SMILES string of the molecule is COc1ccc(CNC(=O)c2cn(-c3cc(C)cc(C)c3)nn2)cc1. The minimum absolute atomic E-state index is 0.258. The van der Waals surface area contributed by atoms with Crippen LogP contribution in [0.5, 0.6) is 5.75 Å². The van der Waals surface area contributed by atoms with E-state index in [1.165, 1.54) is 0 Å². The lowest BCUT2D eigenvalue weighted by molar-refractivity contribution is 0.0946. The number of ether oxygens (including phenoxy) is 1. The summed E-state index contributed by atoms with van der Waals surface area (Å²) >= 11 is 0. The second-order valence-corrected chi connectivity index (χ2v) is 5.93. The Bertz CT molecular complexity index is 864. The highest BCUT2D eigenvalue weighted by molar-refractivity contribution is 5.91. The largest absolute Gasteiger partial charge is 0.497 e. The summed E-state index contributed by atoms with van der Waals surface area (Å²) in [6, 6.07) is 13.6. The Morgan fingerprint density at radius 2 is 1.80 bits per heavy atom. The molecule has 0 saturated heterocycles. The van der Waals surface area contributed by atoms with Crippen molar-refractivity contribution >= 4 is 5.91 Å². The number of hydrogen-bond acceptors (Lipinski definition) is 4. The van der Waals surface area contributed by atoms with Crippen LogP contribution in [-0.2, 0) is 6.54 Å². The molecule has 1 aromatic heterocycles. The number of benzene rings is 2. The van der Waals surface area contributed by atoms with Crippen LogP contribution in [0.2, 0.25) is 0 Å². The highest BCUT2D eigenvalue weighted by atomic mass is 16.5. The second kappa shape index (κ2) is 7.17. The summed E-state index contributed by atoms with van der Waals surface area (Å²) in [6.07, 6.45) is 1.64. The summed E-state index contributed by atoms with van der Waals surface area (Å²) in [5.74, 6) is 0.526. The maximum Gasteiger partial charge on any atom is 0.273 e. The number of methoxy groups -OCH3 is 1. The van der Waals surface area contributed by atoms with Gasteiger partial charge in [-0.05, 0) is 54.8 Å². The monoisotopic (exact) mass is 336 g/mol. The van der Waals surface area contributed by atoms with E-state index in [0.717, 1.165) is 28.1 Å². The van der Waals surface area contributed by atoms with E-state index in [1.807, 2.05) is 50.2 Å². The number of aromatic nitrogens is 3. The van der Waals surface area contributed by atoms with Gasteiger partial charge in [-0.3, -0.25) is 4.79 Å². The third kappa shape index (κ3) is 4.03. The Balaban J connectivity index is 1.67. The number of rotatable bonds is 5. The summed E-state index contributed by atoms with van der Waals surface area (Å²) in [5, 5.41) is 10.9. The number of nitrogens with one attached hydrogen (secondary N) is 1. The van der Waals surface area contributed by atoms with E-state index < -0.39 is 0 Å². The predicted octanol–water partition coefficient (Wildman–Crippen LogP) is 2.82. The third-order valence-corrected chi connectivity index (χ3v) is 3.81. The van der Waals surface area contributed by atoms with Gasteiger partial charge in [-0.2, -0.15) is 0 Å². The zero-order valence-electron chi connectivity index (χ0n) is 14.5. The number of carbonyl (C=O) groups excluding carboxylic acids is 1. The van der Waals surface area contributed by atoms with Gasteiger partial charge in [-0.15, -0.1) is 5.10 Å². The average Bonchev–Trinajstić information content (AvgIpc) is 3.09. The quantitative estimate of drug-likeness (QED) is 0.778. The molecule has 0 aliphatic rings. The van der Waals surface area contributed by atoms with Crippen molar-refractivity contribution in [2.45, 2.75) is 20.4 Å². The van der Waals surface area contributed by atoms with Gasteiger partial charge in [-0.25, -0.2) is 4.68 Å². The summed E-state index contributed by atoms with van der Waals surface area (Å²) in [4.78, 5) is 12.3. The van der Waals surface area contributed by atoms with Gasteiger partial charge in [0.1, 0.15) is 5.75 Å². The molecule has 1 heterocycles. The normalized spacial score (nSPS) is 10.5. The van der Waals surface area contributed by atoms with Crippen molar-refractivity contribution in [3.63, 3.8) is 0 Å². The van der Waals surface area contributed by atoms with Crippen molar-refractivity contribution in [3.8, 4) is 11.4 Å². The van der Waals surface area contributed by atoms with E-state index in [4.69, 9.17) is 4.74 Å². The van der Waals surface area contributed by atoms with Crippen molar-refractivity contribution in [1.82, 2.24) is 20.3 Å². The van der Waals surface area contributed by atoms with Crippen molar-refractivity contribution < 1.29 is 9.53 Å². The highest BCUT2D eigenvalue weighted by Gasteiger charge is 2.11. The molecule has 25 heavy (non-hydrogen) atoms. The van der Waals surface area contributed by atoms with E-state index in [0.29, 0.717) is 6.54 Å². The van der Waals surface area contributed by atoms with Gasteiger partial charge in [0.05, 0.1) is 19.0 Å². The number of hydrogen-bond donors (Lipinski definition) is 1. The van der Waals surface area contributed by atoms with Crippen molar-refractivity contribution in [2.24, 2.45) is 0 Å². The fraction of sp³-hybridized carbons (Fsp3) is 0.211. The molecular weight excluding hydrogens is 316 g/mol. The van der Waals surface area contributed by atoms with Crippen LogP contribution in [0.3, 0.4) is 0 Å². The standard InChI is InChI=1S/C19H20N4O2/c1-13-8-14(2)10-16(9-13)23-12-18(21-22-23)19(24)20-11-15-4-6-17(25-3)7-5-15/h4-10,12H,11H2,1-3H3,(H,20,24). The van der Waals surface area contributed by atoms with Gasteiger partial charge < -0.3 is 10.1 Å². The molecule has 3 aromatic rings. The third-order valence-electron chi connectivity index (χ3n) is 3.81. The maximum absolute atomic E-state index is 12.3. The second-order valence-electron chi connectivity index (χ2n) is 5.93. The molecule has 0 aliphatic carbocycles. The van der Waals surface area contributed by atoms with Crippen LogP contribution in [0.15, 0.2) is 48.7 Å². The molecule has 0 spiro atoms. The molecule has 0 radical (unpaired) electrons. The molecule has 0 atom stereocenters. The summed E-state index contributed by atoms with van der Waals surface area (Å²) < 4.78 is 6.73. The van der Waals surface area contributed by atoms with Gasteiger partial charge in [0, 0.05) is 6.54 Å². The molecule has 0 aliphatic heterocycles. The first-order chi connectivity index (χ1) is 12.0. The number of amides is 1. The Kier molecular flexibility index (Phi) is 4.79. The molecule has 0 fully saturated rings. The van der Waals surface area contributed by atoms with Crippen molar-refractivity contribution in [2.75, 3.05) is 7.11 Å². The van der Waals surface area contributed by atoms with Gasteiger partial charge in [0.25, 0.3) is 5.91 Å². The molecule has 0 bridgehead atoms. The number of aryl methyl sites for hydroxylation is 2. The molecule has 1 amide bonds. The van der Waals surface area contributed by atoms with Gasteiger partial charge >= 0.3 is 0 Å². The minimum Gasteiger partial charge on any atom is -0.497 e. The molecule has 0 saturated carbocycles. The Morgan fingerprint density at radius 1 is 1.12 bits per heavy atom. The first-order valence-corrected chi connectivity index (χ1v) is 7.97. The molecule has 1 N–H and O–H groups in total. The molecule has 2 aromatic carbocycles. The van der Waals surface area contributed by atoms with E-state index in [9.17, 15) is 4.79 Å². The van der Waals surface area contributed by atoms with Crippen LogP contribution in [0.25, 0.3) is 5.69 Å². The molecule has 0 unspecified atom stereocenters. The smallest absolute Gasteiger partial charge is 0.273 e. The van der Waals surface area contributed by atoms with Gasteiger partial charge in [0.15, 0.2) is 5.69 Å². The first-order valence-electron chi connectivity index (χ1n) is 7.97. The van der Waals surface area contributed by atoms with Crippen LogP contribution < -0.4 is 10.1 Å². The fourth-order valence-electron chi connectivity index (χ4n) is 2.59. The molecule has 6 heteroatoms. The van der Waals surface area contributed by atoms with Crippen LogP contribution in [-0.4, -0.2) is 28.0 Å². The Morgan fingerprint density at radius 3 is 2.44 bits per heavy atom. The number of nitrogens with zero attached hydrogens (tertiary/aromatic N) is 3. The Hall–Kier alpha value is -3.15. The van der Waals surface area contributed by atoms with Crippen LogP contribution in [0.1, 0.15) is 27.2 Å². The van der Waals surface area contributed by atoms with E-state index in [2.05, 4.69) is 21.7 Å². The molecule has 128 valence electrons. The van der Waals surface area contributed by atoms with Crippen LogP contribution in [0, 0.1) is 13.8 Å². The van der Waals surface area contributed by atoms with E-state index >= 15 is 0 Å². The van der Waals surface area contributed by atoms with Crippen molar-refractivity contribution in [3.05, 3.63) is 71.0 Å². The Labute approximate surface area is 146 Å². The number of carbonyl (C=O) groups is 1.